The maximum absolute atomic E-state index is 12.2. The van der Waals surface area contributed by atoms with E-state index in [0.717, 1.165) is 39.9 Å². The summed E-state index contributed by atoms with van der Waals surface area (Å²) in [6.45, 7) is 8.13. The topological polar surface area (TPSA) is 84.7 Å². The van der Waals surface area contributed by atoms with Gasteiger partial charge in [0.25, 0.3) is 0 Å². The number of halogens is 1. The maximum Gasteiger partial charge on any atom is 0.244 e. The number of benzene rings is 1. The summed E-state index contributed by atoms with van der Waals surface area (Å²) in [5.41, 5.74) is 1.56. The van der Waals surface area contributed by atoms with Gasteiger partial charge in [0.2, 0.25) is 5.91 Å². The minimum Gasteiger partial charge on any atom is -0.369 e. The number of amides is 1. The van der Waals surface area contributed by atoms with Crippen LogP contribution in [0.4, 0.5) is 5.82 Å². The van der Waals surface area contributed by atoms with E-state index in [1.165, 1.54) is 6.08 Å². The standard InChI is InChI=1S/C22H27ClN6OS/c1-4-31-22-27-20(25-13-15(2)3)17-14-26-29(21(17)28-22)12-11-24-19(30)10-9-16-7-5-6-8-18(16)23/h5-10,14-15H,4,11-13H2,1-3H3,(H,24,30)(H,25,27,28)/b10-9+. The van der Waals surface area contributed by atoms with Crippen LogP contribution >= 0.6 is 23.4 Å². The number of fused-ring (bicyclic) bond motifs is 1. The smallest absolute Gasteiger partial charge is 0.244 e. The summed E-state index contributed by atoms with van der Waals surface area (Å²) in [4.78, 5) is 21.5. The second kappa shape index (κ2) is 11.2. The monoisotopic (exact) mass is 458 g/mol. The normalized spacial score (nSPS) is 11.5. The van der Waals surface area contributed by atoms with E-state index in [-0.39, 0.29) is 5.91 Å². The molecule has 2 aromatic heterocycles. The van der Waals surface area contributed by atoms with Gasteiger partial charge in [0.05, 0.1) is 18.1 Å². The van der Waals surface area contributed by atoms with Crippen LogP contribution in [0.5, 0.6) is 0 Å². The van der Waals surface area contributed by atoms with Crippen molar-refractivity contribution in [1.82, 2.24) is 25.1 Å². The lowest BCUT2D eigenvalue weighted by atomic mass is 10.2. The van der Waals surface area contributed by atoms with Gasteiger partial charge in [0.1, 0.15) is 5.82 Å². The van der Waals surface area contributed by atoms with Gasteiger partial charge in [-0.2, -0.15) is 5.10 Å². The van der Waals surface area contributed by atoms with Crippen LogP contribution in [0.15, 0.2) is 41.7 Å². The third kappa shape index (κ3) is 6.45. The van der Waals surface area contributed by atoms with Gasteiger partial charge in [0, 0.05) is 24.2 Å². The zero-order chi connectivity index (χ0) is 22.2. The van der Waals surface area contributed by atoms with Crippen LogP contribution in [0, 0.1) is 5.92 Å². The molecule has 1 amide bonds. The number of hydrogen-bond donors (Lipinski definition) is 2. The van der Waals surface area contributed by atoms with Crippen LogP contribution in [-0.2, 0) is 11.3 Å². The summed E-state index contributed by atoms with van der Waals surface area (Å²) < 4.78 is 1.80. The number of carbonyl (C=O) groups excluding carboxylic acids is 1. The fraction of sp³-hybridized carbons (Fsp3) is 0.364. The molecule has 3 aromatic rings. The van der Waals surface area contributed by atoms with Crippen LogP contribution in [0.3, 0.4) is 0 Å². The Kier molecular flexibility index (Phi) is 8.31. The van der Waals surface area contributed by atoms with Crippen molar-refractivity contribution in [2.24, 2.45) is 5.92 Å². The molecule has 1 aromatic carbocycles. The minimum atomic E-state index is -0.187. The van der Waals surface area contributed by atoms with E-state index in [0.29, 0.717) is 24.0 Å². The summed E-state index contributed by atoms with van der Waals surface area (Å²) in [6, 6.07) is 7.38. The van der Waals surface area contributed by atoms with Gasteiger partial charge in [-0.15, -0.1) is 0 Å². The Hall–Kier alpha value is -2.58. The SMILES string of the molecule is CCSc1nc(NCC(C)C)c2cnn(CCNC(=O)/C=C/c3ccccc3Cl)c2n1. The molecule has 0 fully saturated rings. The molecule has 7 nitrogen and oxygen atoms in total. The number of anilines is 1. The number of thioether (sulfide) groups is 1. The van der Waals surface area contributed by atoms with Crippen LogP contribution < -0.4 is 10.6 Å². The maximum atomic E-state index is 12.2. The Morgan fingerprint density at radius 2 is 2.10 bits per heavy atom. The zero-order valence-corrected chi connectivity index (χ0v) is 19.5. The summed E-state index contributed by atoms with van der Waals surface area (Å²) >= 11 is 7.70. The lowest BCUT2D eigenvalue weighted by Crippen LogP contribution is -2.25. The van der Waals surface area contributed by atoms with Crippen molar-refractivity contribution < 1.29 is 4.79 Å². The van der Waals surface area contributed by atoms with Crippen molar-refractivity contribution in [2.45, 2.75) is 32.5 Å². The highest BCUT2D eigenvalue weighted by Gasteiger charge is 2.13. The Bertz CT molecular complexity index is 1070. The second-order valence-electron chi connectivity index (χ2n) is 7.31. The fourth-order valence-corrected chi connectivity index (χ4v) is 3.61. The van der Waals surface area contributed by atoms with E-state index >= 15 is 0 Å². The molecular weight excluding hydrogens is 432 g/mol. The van der Waals surface area contributed by atoms with Crippen LogP contribution in [0.2, 0.25) is 5.02 Å². The number of hydrogen-bond acceptors (Lipinski definition) is 6. The number of rotatable bonds is 10. The van der Waals surface area contributed by atoms with E-state index in [4.69, 9.17) is 11.6 Å². The molecule has 0 radical (unpaired) electrons. The first kappa shape index (κ1) is 23.1. The molecule has 2 N–H and O–H groups in total. The molecule has 0 unspecified atom stereocenters. The molecule has 3 rings (SSSR count). The molecule has 9 heteroatoms. The average Bonchev–Trinajstić information content (AvgIpc) is 3.15. The Morgan fingerprint density at radius 3 is 2.84 bits per heavy atom. The molecule has 0 saturated heterocycles. The third-order valence-electron chi connectivity index (χ3n) is 4.37. The van der Waals surface area contributed by atoms with Crippen molar-refractivity contribution >= 4 is 52.2 Å². The summed E-state index contributed by atoms with van der Waals surface area (Å²) in [5, 5.41) is 12.9. The molecule has 0 spiro atoms. The lowest BCUT2D eigenvalue weighted by Gasteiger charge is -2.11. The largest absolute Gasteiger partial charge is 0.369 e. The van der Waals surface area contributed by atoms with Gasteiger partial charge < -0.3 is 10.6 Å². The number of nitrogens with zero attached hydrogens (tertiary/aromatic N) is 4. The Morgan fingerprint density at radius 1 is 1.29 bits per heavy atom. The van der Waals surface area contributed by atoms with Crippen molar-refractivity contribution in [3.8, 4) is 0 Å². The molecule has 0 aliphatic carbocycles. The third-order valence-corrected chi connectivity index (χ3v) is 5.44. The predicted octanol–water partition coefficient (Wildman–Crippen LogP) is 4.49. The summed E-state index contributed by atoms with van der Waals surface area (Å²) in [6.07, 6.45) is 4.96. The van der Waals surface area contributed by atoms with Crippen LogP contribution in [0.1, 0.15) is 26.3 Å². The highest BCUT2D eigenvalue weighted by Crippen LogP contribution is 2.24. The van der Waals surface area contributed by atoms with Crippen molar-refractivity contribution in [3.05, 3.63) is 47.1 Å². The predicted molar refractivity (Wildman–Crippen MR) is 129 cm³/mol. The molecule has 0 bridgehead atoms. The summed E-state index contributed by atoms with van der Waals surface area (Å²) in [7, 11) is 0. The second-order valence-corrected chi connectivity index (χ2v) is 8.95. The van der Waals surface area contributed by atoms with E-state index in [1.54, 1.807) is 34.8 Å². The van der Waals surface area contributed by atoms with E-state index in [1.807, 2.05) is 18.2 Å². The first-order valence-electron chi connectivity index (χ1n) is 10.3. The lowest BCUT2D eigenvalue weighted by molar-refractivity contribution is -0.116. The molecule has 0 aliphatic rings. The van der Waals surface area contributed by atoms with Crippen LogP contribution in [-0.4, -0.2) is 44.5 Å². The van der Waals surface area contributed by atoms with Gasteiger partial charge in [0.15, 0.2) is 10.8 Å². The Balaban J connectivity index is 1.67. The molecule has 0 atom stereocenters. The van der Waals surface area contributed by atoms with Gasteiger partial charge in [-0.3, -0.25) is 4.79 Å². The zero-order valence-electron chi connectivity index (χ0n) is 17.9. The van der Waals surface area contributed by atoms with E-state index in [9.17, 15) is 4.79 Å². The first-order chi connectivity index (χ1) is 15.0. The molecule has 0 aliphatic heterocycles. The molecular formula is C22H27ClN6OS. The number of aromatic nitrogens is 4. The first-order valence-corrected chi connectivity index (χ1v) is 11.6. The van der Waals surface area contributed by atoms with Gasteiger partial charge in [-0.05, 0) is 29.4 Å². The molecule has 2 heterocycles. The van der Waals surface area contributed by atoms with Gasteiger partial charge >= 0.3 is 0 Å². The Labute approximate surface area is 191 Å². The molecule has 0 saturated carbocycles. The summed E-state index contributed by atoms with van der Waals surface area (Å²) in [5.74, 6) is 1.99. The van der Waals surface area contributed by atoms with E-state index in [2.05, 4.69) is 46.5 Å². The van der Waals surface area contributed by atoms with Crippen molar-refractivity contribution in [1.29, 1.82) is 0 Å². The number of carbonyl (C=O) groups is 1. The minimum absolute atomic E-state index is 0.187. The van der Waals surface area contributed by atoms with Crippen molar-refractivity contribution in [3.63, 3.8) is 0 Å². The molecule has 164 valence electrons. The van der Waals surface area contributed by atoms with E-state index < -0.39 is 0 Å². The highest BCUT2D eigenvalue weighted by molar-refractivity contribution is 7.99. The molecule has 31 heavy (non-hydrogen) atoms. The van der Waals surface area contributed by atoms with Crippen molar-refractivity contribution in [2.75, 3.05) is 24.2 Å². The fourth-order valence-electron chi connectivity index (χ4n) is 2.85. The average molecular weight is 459 g/mol. The van der Waals surface area contributed by atoms with Crippen LogP contribution in [0.25, 0.3) is 17.1 Å². The highest BCUT2D eigenvalue weighted by atomic mass is 35.5. The van der Waals surface area contributed by atoms with Gasteiger partial charge in [-0.25, -0.2) is 14.6 Å². The van der Waals surface area contributed by atoms with Gasteiger partial charge in [-0.1, -0.05) is 62.3 Å². The number of nitrogens with one attached hydrogen (secondary N) is 2. The quantitative estimate of drug-likeness (QED) is 0.264.